The fourth-order valence-corrected chi connectivity index (χ4v) is 3.47. The first-order chi connectivity index (χ1) is 15.3. The van der Waals surface area contributed by atoms with E-state index in [0.29, 0.717) is 36.2 Å². The highest BCUT2D eigenvalue weighted by atomic mass is 35.5. The Labute approximate surface area is 191 Å². The third-order valence-electron chi connectivity index (χ3n) is 4.63. The van der Waals surface area contributed by atoms with Crippen LogP contribution in [0.15, 0.2) is 18.2 Å². The molecule has 32 heavy (non-hydrogen) atoms. The SMILES string of the molecule is CCCOc1cc(NC(=O)NNc2cc(C(C)C)c3c(C)nn(CCO)c3n2)cc(Cl)n1. The number of anilines is 2. The maximum absolute atomic E-state index is 12.4. The molecule has 10 nitrogen and oxygen atoms in total. The molecule has 0 fully saturated rings. The number of halogens is 1. The number of carbonyl (C=O) groups is 1. The van der Waals surface area contributed by atoms with Gasteiger partial charge in [-0.15, -0.1) is 0 Å². The van der Waals surface area contributed by atoms with Crippen LogP contribution in [-0.4, -0.2) is 44.1 Å². The molecule has 0 aliphatic carbocycles. The largest absolute Gasteiger partial charge is 0.478 e. The van der Waals surface area contributed by atoms with E-state index in [4.69, 9.17) is 16.3 Å². The molecule has 3 heterocycles. The fourth-order valence-electron chi connectivity index (χ4n) is 3.27. The molecule has 11 heteroatoms. The van der Waals surface area contributed by atoms with Crippen LogP contribution >= 0.6 is 11.6 Å². The van der Waals surface area contributed by atoms with Crippen molar-refractivity contribution in [3.63, 3.8) is 0 Å². The lowest BCUT2D eigenvalue weighted by Crippen LogP contribution is -2.34. The van der Waals surface area contributed by atoms with Gasteiger partial charge in [0.2, 0.25) is 5.88 Å². The van der Waals surface area contributed by atoms with E-state index in [1.165, 1.54) is 6.07 Å². The zero-order chi connectivity index (χ0) is 23.3. The van der Waals surface area contributed by atoms with E-state index < -0.39 is 6.03 Å². The van der Waals surface area contributed by atoms with E-state index in [1.807, 2.05) is 19.9 Å². The summed E-state index contributed by atoms with van der Waals surface area (Å²) in [6, 6.07) is 4.49. The maximum Gasteiger partial charge on any atom is 0.337 e. The quantitative estimate of drug-likeness (QED) is 0.281. The van der Waals surface area contributed by atoms with Gasteiger partial charge in [0.15, 0.2) is 5.65 Å². The number of ether oxygens (including phenoxy) is 1. The molecular formula is C21H28ClN7O3. The number of pyridine rings is 2. The zero-order valence-electron chi connectivity index (χ0n) is 18.6. The van der Waals surface area contributed by atoms with E-state index in [1.54, 1.807) is 10.7 Å². The zero-order valence-corrected chi connectivity index (χ0v) is 19.3. The number of hydrogen-bond acceptors (Lipinski definition) is 7. The van der Waals surface area contributed by atoms with Crippen molar-refractivity contribution < 1.29 is 14.6 Å². The number of aliphatic hydroxyl groups is 1. The Balaban J connectivity index is 1.76. The number of urea groups is 1. The van der Waals surface area contributed by atoms with E-state index >= 15 is 0 Å². The number of hydrogen-bond donors (Lipinski definition) is 4. The first-order valence-electron chi connectivity index (χ1n) is 10.4. The molecule has 0 radical (unpaired) electrons. The average molecular weight is 462 g/mol. The average Bonchev–Trinajstić information content (AvgIpc) is 3.05. The molecule has 3 aromatic heterocycles. The van der Waals surface area contributed by atoms with Crippen LogP contribution in [0, 0.1) is 6.92 Å². The van der Waals surface area contributed by atoms with Crippen molar-refractivity contribution in [3.05, 3.63) is 34.6 Å². The van der Waals surface area contributed by atoms with Crippen LogP contribution < -0.4 is 20.9 Å². The Morgan fingerprint density at radius 1 is 1.28 bits per heavy atom. The topological polar surface area (TPSA) is 126 Å². The van der Waals surface area contributed by atoms with Gasteiger partial charge in [0.05, 0.1) is 31.1 Å². The normalized spacial score (nSPS) is 11.1. The predicted octanol–water partition coefficient (Wildman–Crippen LogP) is 3.84. The Morgan fingerprint density at radius 2 is 2.06 bits per heavy atom. The van der Waals surface area contributed by atoms with E-state index in [0.717, 1.165) is 23.1 Å². The van der Waals surface area contributed by atoms with Gasteiger partial charge in [0.1, 0.15) is 11.0 Å². The smallest absolute Gasteiger partial charge is 0.337 e. The third kappa shape index (κ3) is 5.57. The number of fused-ring (bicyclic) bond motifs is 1. The van der Waals surface area contributed by atoms with Gasteiger partial charge in [-0.1, -0.05) is 32.4 Å². The summed E-state index contributed by atoms with van der Waals surface area (Å²) in [6.07, 6.45) is 0.827. The van der Waals surface area contributed by atoms with E-state index in [2.05, 4.69) is 45.1 Å². The third-order valence-corrected chi connectivity index (χ3v) is 4.82. The van der Waals surface area contributed by atoms with Crippen molar-refractivity contribution in [2.45, 2.75) is 46.6 Å². The summed E-state index contributed by atoms with van der Waals surface area (Å²) >= 11 is 6.02. The van der Waals surface area contributed by atoms with Crippen molar-refractivity contribution in [2.75, 3.05) is 24.0 Å². The molecule has 3 aromatic rings. The Morgan fingerprint density at radius 3 is 2.75 bits per heavy atom. The highest BCUT2D eigenvalue weighted by Gasteiger charge is 2.17. The van der Waals surface area contributed by atoms with E-state index in [-0.39, 0.29) is 17.7 Å². The lowest BCUT2D eigenvalue weighted by molar-refractivity contribution is 0.254. The molecule has 2 amide bonds. The number of aryl methyl sites for hydroxylation is 1. The van der Waals surface area contributed by atoms with Gasteiger partial charge in [-0.2, -0.15) is 5.10 Å². The molecule has 0 aliphatic heterocycles. The van der Waals surface area contributed by atoms with Crippen LogP contribution in [0.5, 0.6) is 5.88 Å². The minimum absolute atomic E-state index is 0.0499. The maximum atomic E-state index is 12.4. The Kier molecular flexibility index (Phi) is 7.70. The number of nitrogens with zero attached hydrogens (tertiary/aromatic N) is 4. The minimum atomic E-state index is -0.512. The summed E-state index contributed by atoms with van der Waals surface area (Å²) in [5.74, 6) is 1.000. The van der Waals surface area contributed by atoms with Gasteiger partial charge in [-0.05, 0) is 37.0 Å². The van der Waals surface area contributed by atoms with Crippen molar-refractivity contribution in [3.8, 4) is 5.88 Å². The number of carbonyl (C=O) groups excluding carboxylic acids is 1. The summed E-state index contributed by atoms with van der Waals surface area (Å²) < 4.78 is 7.14. The minimum Gasteiger partial charge on any atom is -0.478 e. The second kappa shape index (κ2) is 10.5. The van der Waals surface area contributed by atoms with Crippen molar-refractivity contribution in [2.24, 2.45) is 0 Å². The van der Waals surface area contributed by atoms with Crippen LogP contribution in [0.4, 0.5) is 16.3 Å². The molecular weight excluding hydrogens is 434 g/mol. The van der Waals surface area contributed by atoms with Crippen LogP contribution in [-0.2, 0) is 6.54 Å². The fraction of sp³-hybridized carbons (Fsp3) is 0.429. The van der Waals surface area contributed by atoms with Crippen molar-refractivity contribution in [1.29, 1.82) is 0 Å². The summed E-state index contributed by atoms with van der Waals surface area (Å²) in [4.78, 5) is 21.1. The molecule has 172 valence electrons. The van der Waals surface area contributed by atoms with Gasteiger partial charge in [0, 0.05) is 11.5 Å². The van der Waals surface area contributed by atoms with Gasteiger partial charge in [-0.25, -0.2) is 19.4 Å². The molecule has 3 rings (SSSR count). The number of hydrazine groups is 1. The number of aromatic nitrogens is 4. The van der Waals surface area contributed by atoms with Crippen LogP contribution in [0.1, 0.15) is 44.4 Å². The molecule has 0 saturated carbocycles. The lowest BCUT2D eigenvalue weighted by Gasteiger charge is -2.14. The molecule has 4 N–H and O–H groups in total. The van der Waals surface area contributed by atoms with Crippen LogP contribution in [0.2, 0.25) is 5.15 Å². The number of aliphatic hydroxyl groups excluding tert-OH is 1. The molecule has 0 aromatic carbocycles. The second-order valence-electron chi connectivity index (χ2n) is 7.55. The standard InChI is InChI=1S/C21H28ClN7O3/c1-5-8-32-18-10-14(9-16(22)24-18)23-21(31)27-26-17-11-15(12(2)3)19-13(4)28-29(6-7-30)20(19)25-17/h9-12,30H,5-8H2,1-4H3,(H,25,26)(H2,23,24,27,31). The number of rotatable bonds is 9. The summed E-state index contributed by atoms with van der Waals surface area (Å²) in [6.45, 7) is 8.83. The number of amides is 2. The van der Waals surface area contributed by atoms with Crippen LogP contribution in [0.25, 0.3) is 11.0 Å². The van der Waals surface area contributed by atoms with Gasteiger partial charge >= 0.3 is 6.03 Å². The van der Waals surface area contributed by atoms with E-state index in [9.17, 15) is 9.90 Å². The number of nitrogens with one attached hydrogen (secondary N) is 3. The highest BCUT2D eigenvalue weighted by Crippen LogP contribution is 2.29. The summed E-state index contributed by atoms with van der Waals surface area (Å²) in [5.41, 5.74) is 8.38. The molecule has 0 unspecified atom stereocenters. The first-order valence-corrected chi connectivity index (χ1v) is 10.8. The molecule has 0 spiro atoms. The van der Waals surface area contributed by atoms with Gasteiger partial charge in [-0.3, -0.25) is 10.9 Å². The Bertz CT molecular complexity index is 1100. The monoisotopic (exact) mass is 461 g/mol. The molecule has 0 aliphatic rings. The van der Waals surface area contributed by atoms with Gasteiger partial charge < -0.3 is 15.2 Å². The van der Waals surface area contributed by atoms with Gasteiger partial charge in [0.25, 0.3) is 0 Å². The van der Waals surface area contributed by atoms with Crippen molar-refractivity contribution >= 4 is 40.2 Å². The first kappa shape index (κ1) is 23.6. The Hall–Kier alpha value is -3.11. The predicted molar refractivity (Wildman–Crippen MR) is 124 cm³/mol. The summed E-state index contributed by atoms with van der Waals surface area (Å²) in [5, 5.41) is 17.7. The van der Waals surface area contributed by atoms with Crippen molar-refractivity contribution in [1.82, 2.24) is 25.2 Å². The summed E-state index contributed by atoms with van der Waals surface area (Å²) in [7, 11) is 0. The lowest BCUT2D eigenvalue weighted by atomic mass is 10.00. The van der Waals surface area contributed by atoms with Crippen LogP contribution in [0.3, 0.4) is 0 Å². The molecule has 0 bridgehead atoms. The molecule has 0 saturated heterocycles. The second-order valence-corrected chi connectivity index (χ2v) is 7.94. The highest BCUT2D eigenvalue weighted by molar-refractivity contribution is 6.29. The molecule has 0 atom stereocenters.